The van der Waals surface area contributed by atoms with Gasteiger partial charge in [0.1, 0.15) is 0 Å². The minimum Gasteiger partial charge on any atom is -0.365 e. The number of primary sulfonamides is 1. The van der Waals surface area contributed by atoms with E-state index >= 15 is 0 Å². The Balaban J connectivity index is 2.39. The lowest BCUT2D eigenvalue weighted by molar-refractivity contribution is 0.100. The Bertz CT molecular complexity index is 759. The number of pyridine rings is 1. The topological polar surface area (TPSA) is 128 Å². The van der Waals surface area contributed by atoms with Crippen LogP contribution in [0.2, 0.25) is 0 Å². The predicted octanol–water partition coefficient (Wildman–Crippen LogP) is 0.572. The molecule has 0 aliphatic carbocycles. The standard InChI is InChI=1S/C12H12N4O3S/c13-12(17)10-7-15-5-4-11(10)16-8-2-1-3-9(6-8)20(14,18)19/h1-7H,(H2,13,17)(H,15,16)(H2,14,18,19). The molecule has 0 bridgehead atoms. The third kappa shape index (κ3) is 3.11. The number of nitrogens with zero attached hydrogens (tertiary/aromatic N) is 1. The lowest BCUT2D eigenvalue weighted by atomic mass is 10.2. The van der Waals surface area contributed by atoms with Crippen molar-refractivity contribution in [1.82, 2.24) is 4.98 Å². The zero-order valence-corrected chi connectivity index (χ0v) is 11.1. The fourth-order valence-corrected chi connectivity index (χ4v) is 2.17. The largest absolute Gasteiger partial charge is 0.365 e. The zero-order chi connectivity index (χ0) is 14.8. The van der Waals surface area contributed by atoms with Gasteiger partial charge in [-0.15, -0.1) is 0 Å². The molecule has 0 atom stereocenters. The molecular weight excluding hydrogens is 280 g/mol. The van der Waals surface area contributed by atoms with Crippen LogP contribution in [0.1, 0.15) is 10.4 Å². The van der Waals surface area contributed by atoms with E-state index in [-0.39, 0.29) is 10.5 Å². The average molecular weight is 292 g/mol. The van der Waals surface area contributed by atoms with E-state index in [1.54, 1.807) is 12.1 Å². The van der Waals surface area contributed by atoms with Crippen LogP contribution < -0.4 is 16.2 Å². The van der Waals surface area contributed by atoms with Gasteiger partial charge in [-0.2, -0.15) is 0 Å². The molecule has 7 nitrogen and oxygen atoms in total. The number of hydrogen-bond acceptors (Lipinski definition) is 5. The molecule has 1 heterocycles. The number of sulfonamides is 1. The predicted molar refractivity (Wildman–Crippen MR) is 73.9 cm³/mol. The third-order valence-corrected chi connectivity index (χ3v) is 3.44. The molecule has 0 saturated carbocycles. The van der Waals surface area contributed by atoms with Crippen LogP contribution in [0.25, 0.3) is 0 Å². The second-order valence-corrected chi connectivity index (χ2v) is 5.54. The number of anilines is 2. The summed E-state index contributed by atoms with van der Waals surface area (Å²) in [5.74, 6) is -0.636. The number of carbonyl (C=O) groups excluding carboxylic acids is 1. The van der Waals surface area contributed by atoms with E-state index in [4.69, 9.17) is 10.9 Å². The first-order valence-electron chi connectivity index (χ1n) is 5.51. The van der Waals surface area contributed by atoms with Crippen molar-refractivity contribution in [2.75, 3.05) is 5.32 Å². The van der Waals surface area contributed by atoms with Gasteiger partial charge < -0.3 is 11.1 Å². The maximum Gasteiger partial charge on any atom is 0.252 e. The average Bonchev–Trinajstić information content (AvgIpc) is 2.38. The quantitative estimate of drug-likeness (QED) is 0.759. The summed E-state index contributed by atoms with van der Waals surface area (Å²) in [6.07, 6.45) is 2.81. The summed E-state index contributed by atoms with van der Waals surface area (Å²) in [5, 5.41) is 7.96. The number of aromatic nitrogens is 1. The van der Waals surface area contributed by atoms with Gasteiger partial charge >= 0.3 is 0 Å². The van der Waals surface area contributed by atoms with Crippen molar-refractivity contribution in [3.63, 3.8) is 0 Å². The van der Waals surface area contributed by atoms with Gasteiger partial charge in [0.25, 0.3) is 5.91 Å². The minimum atomic E-state index is -3.79. The van der Waals surface area contributed by atoms with Gasteiger partial charge in [-0.1, -0.05) is 6.07 Å². The number of rotatable bonds is 4. The number of benzene rings is 1. The van der Waals surface area contributed by atoms with Gasteiger partial charge in [-0.05, 0) is 24.3 Å². The van der Waals surface area contributed by atoms with E-state index < -0.39 is 15.9 Å². The summed E-state index contributed by atoms with van der Waals surface area (Å²) in [5.41, 5.74) is 6.33. The van der Waals surface area contributed by atoms with Crippen molar-refractivity contribution in [3.05, 3.63) is 48.3 Å². The van der Waals surface area contributed by atoms with Crippen LogP contribution in [-0.2, 0) is 10.0 Å². The van der Waals surface area contributed by atoms with E-state index in [0.29, 0.717) is 11.4 Å². The monoisotopic (exact) mass is 292 g/mol. The number of amides is 1. The molecule has 0 aliphatic rings. The highest BCUT2D eigenvalue weighted by Crippen LogP contribution is 2.21. The number of primary amides is 1. The highest BCUT2D eigenvalue weighted by atomic mass is 32.2. The molecule has 0 unspecified atom stereocenters. The molecule has 0 spiro atoms. The molecule has 2 rings (SSSR count). The first kappa shape index (κ1) is 14.0. The number of nitrogens with one attached hydrogen (secondary N) is 1. The fourth-order valence-electron chi connectivity index (χ4n) is 1.61. The molecule has 8 heteroatoms. The maximum absolute atomic E-state index is 11.3. The second-order valence-electron chi connectivity index (χ2n) is 3.98. The van der Waals surface area contributed by atoms with E-state index in [9.17, 15) is 13.2 Å². The Morgan fingerprint density at radius 2 is 2.00 bits per heavy atom. The highest BCUT2D eigenvalue weighted by molar-refractivity contribution is 7.89. The molecule has 1 amide bonds. The van der Waals surface area contributed by atoms with Gasteiger partial charge in [0.2, 0.25) is 10.0 Å². The SMILES string of the molecule is NC(=O)c1cnccc1Nc1cccc(S(N)(=O)=O)c1. The van der Waals surface area contributed by atoms with Crippen molar-refractivity contribution in [2.24, 2.45) is 10.9 Å². The molecule has 5 N–H and O–H groups in total. The van der Waals surface area contributed by atoms with Gasteiger partial charge in [0.15, 0.2) is 0 Å². The zero-order valence-electron chi connectivity index (χ0n) is 10.3. The smallest absolute Gasteiger partial charge is 0.252 e. The molecule has 1 aromatic heterocycles. The van der Waals surface area contributed by atoms with Gasteiger partial charge in [0, 0.05) is 18.1 Å². The van der Waals surface area contributed by atoms with E-state index in [1.165, 1.54) is 30.6 Å². The summed E-state index contributed by atoms with van der Waals surface area (Å²) in [7, 11) is -3.79. The van der Waals surface area contributed by atoms with Crippen LogP contribution in [0.5, 0.6) is 0 Å². The third-order valence-electron chi connectivity index (χ3n) is 2.53. The van der Waals surface area contributed by atoms with Crippen molar-refractivity contribution in [2.45, 2.75) is 4.90 Å². The maximum atomic E-state index is 11.3. The summed E-state index contributed by atoms with van der Waals surface area (Å²) in [6.45, 7) is 0. The van der Waals surface area contributed by atoms with Gasteiger partial charge in [-0.25, -0.2) is 13.6 Å². The number of hydrogen-bond donors (Lipinski definition) is 3. The van der Waals surface area contributed by atoms with Gasteiger partial charge in [-0.3, -0.25) is 9.78 Å². The van der Waals surface area contributed by atoms with Crippen LogP contribution in [-0.4, -0.2) is 19.3 Å². The summed E-state index contributed by atoms with van der Waals surface area (Å²) < 4.78 is 22.6. The van der Waals surface area contributed by atoms with Crippen molar-refractivity contribution in [1.29, 1.82) is 0 Å². The Morgan fingerprint density at radius 1 is 1.25 bits per heavy atom. The van der Waals surface area contributed by atoms with Crippen molar-refractivity contribution < 1.29 is 13.2 Å². The second kappa shape index (κ2) is 5.27. The van der Waals surface area contributed by atoms with Crippen molar-refractivity contribution in [3.8, 4) is 0 Å². The molecule has 20 heavy (non-hydrogen) atoms. The number of nitrogens with two attached hydrogens (primary N) is 2. The van der Waals surface area contributed by atoms with E-state index in [0.717, 1.165) is 0 Å². The molecular formula is C12H12N4O3S. The van der Waals surface area contributed by atoms with Crippen LogP contribution >= 0.6 is 0 Å². The summed E-state index contributed by atoms with van der Waals surface area (Å²) >= 11 is 0. The number of carbonyl (C=O) groups is 1. The Morgan fingerprint density at radius 3 is 2.65 bits per heavy atom. The molecule has 0 radical (unpaired) electrons. The normalized spacial score (nSPS) is 11.1. The van der Waals surface area contributed by atoms with Crippen LogP contribution in [0.4, 0.5) is 11.4 Å². The first-order valence-corrected chi connectivity index (χ1v) is 7.06. The summed E-state index contributed by atoms with van der Waals surface area (Å²) in [4.78, 5) is 15.0. The fraction of sp³-hybridized carbons (Fsp3) is 0. The molecule has 0 aliphatic heterocycles. The Kier molecular flexibility index (Phi) is 3.68. The van der Waals surface area contributed by atoms with Gasteiger partial charge in [0.05, 0.1) is 16.1 Å². The molecule has 104 valence electrons. The van der Waals surface area contributed by atoms with Crippen LogP contribution in [0, 0.1) is 0 Å². The van der Waals surface area contributed by atoms with Crippen molar-refractivity contribution >= 4 is 27.3 Å². The Hall–Kier alpha value is -2.45. The highest BCUT2D eigenvalue weighted by Gasteiger charge is 2.11. The minimum absolute atomic E-state index is 0.0304. The first-order chi connectivity index (χ1) is 9.38. The lowest BCUT2D eigenvalue weighted by Gasteiger charge is -2.10. The molecule has 0 fully saturated rings. The molecule has 2 aromatic rings. The van der Waals surface area contributed by atoms with E-state index in [2.05, 4.69) is 10.3 Å². The van der Waals surface area contributed by atoms with Crippen LogP contribution in [0.15, 0.2) is 47.6 Å². The van der Waals surface area contributed by atoms with E-state index in [1.807, 2.05) is 0 Å². The summed E-state index contributed by atoms with van der Waals surface area (Å²) in [6, 6.07) is 7.47. The Labute approximate surface area is 115 Å². The lowest BCUT2D eigenvalue weighted by Crippen LogP contribution is -2.14. The molecule has 0 saturated heterocycles. The molecule has 1 aromatic carbocycles. The van der Waals surface area contributed by atoms with Crippen LogP contribution in [0.3, 0.4) is 0 Å².